The van der Waals surface area contributed by atoms with Gasteiger partial charge in [-0.1, -0.05) is 26.0 Å². The van der Waals surface area contributed by atoms with Gasteiger partial charge in [-0.15, -0.1) is 0 Å². The average molecular weight is 361 g/mol. The van der Waals surface area contributed by atoms with Crippen LogP contribution in [0.25, 0.3) is 0 Å². The summed E-state index contributed by atoms with van der Waals surface area (Å²) in [6.45, 7) is 11.8. The van der Waals surface area contributed by atoms with Gasteiger partial charge in [0.1, 0.15) is 0 Å². The van der Waals surface area contributed by atoms with Crippen molar-refractivity contribution in [3.8, 4) is 11.5 Å². The van der Waals surface area contributed by atoms with E-state index in [2.05, 4.69) is 35.8 Å². The molecule has 2 aliphatic rings. The number of methoxy groups -OCH3 is 2. The summed E-state index contributed by atoms with van der Waals surface area (Å²) in [6.07, 6.45) is 5.37. The molecule has 0 N–H and O–H groups in total. The van der Waals surface area contributed by atoms with Crippen molar-refractivity contribution in [3.05, 3.63) is 23.8 Å². The first-order chi connectivity index (χ1) is 12.5. The summed E-state index contributed by atoms with van der Waals surface area (Å²) < 4.78 is 11.1. The molecule has 0 bridgehead atoms. The normalized spacial score (nSPS) is 24.5. The number of para-hydroxylation sites is 1. The number of hydrogen-bond acceptors (Lipinski definition) is 4. The molecule has 4 heteroatoms. The molecule has 0 aromatic heterocycles. The fraction of sp³-hybridized carbons (Fsp3) is 0.727. The smallest absolute Gasteiger partial charge is 0.165 e. The molecule has 2 heterocycles. The fourth-order valence-electron chi connectivity index (χ4n) is 4.76. The highest BCUT2D eigenvalue weighted by molar-refractivity contribution is 5.46. The number of rotatable bonds is 7. The van der Waals surface area contributed by atoms with Gasteiger partial charge in [-0.05, 0) is 62.7 Å². The molecule has 146 valence electrons. The zero-order valence-electron chi connectivity index (χ0n) is 17.1. The SMILES string of the molecule is COc1cccc(CN2CCCC3(CCN(CCC(C)C)C3)C2)c1OC. The Kier molecular flexibility index (Phi) is 6.46. The molecule has 1 spiro atoms. The Labute approximate surface area is 159 Å². The van der Waals surface area contributed by atoms with Crippen LogP contribution in [0.4, 0.5) is 0 Å². The maximum Gasteiger partial charge on any atom is 0.165 e. The molecule has 2 aliphatic heterocycles. The minimum Gasteiger partial charge on any atom is -0.493 e. The number of hydrogen-bond donors (Lipinski definition) is 0. The molecule has 0 amide bonds. The lowest BCUT2D eigenvalue weighted by atomic mass is 9.79. The Hall–Kier alpha value is -1.26. The lowest BCUT2D eigenvalue weighted by molar-refractivity contribution is 0.0862. The zero-order chi connectivity index (χ0) is 18.6. The van der Waals surface area contributed by atoms with E-state index in [0.29, 0.717) is 5.41 Å². The molecular formula is C22H36N2O2. The van der Waals surface area contributed by atoms with Gasteiger partial charge in [0.2, 0.25) is 0 Å². The van der Waals surface area contributed by atoms with Crippen molar-refractivity contribution in [1.82, 2.24) is 9.80 Å². The van der Waals surface area contributed by atoms with Crippen molar-refractivity contribution in [2.24, 2.45) is 11.3 Å². The van der Waals surface area contributed by atoms with Gasteiger partial charge in [0.05, 0.1) is 14.2 Å². The van der Waals surface area contributed by atoms with Gasteiger partial charge in [0.25, 0.3) is 0 Å². The van der Waals surface area contributed by atoms with E-state index in [1.54, 1.807) is 14.2 Å². The number of likely N-dealkylation sites (tertiary alicyclic amines) is 2. The predicted molar refractivity (Wildman–Crippen MR) is 107 cm³/mol. The first kappa shape index (κ1) is 19.5. The van der Waals surface area contributed by atoms with Crippen LogP contribution in [-0.4, -0.2) is 56.7 Å². The quantitative estimate of drug-likeness (QED) is 0.733. The van der Waals surface area contributed by atoms with Crippen LogP contribution in [0.1, 0.15) is 45.1 Å². The van der Waals surface area contributed by atoms with Crippen molar-refractivity contribution in [3.63, 3.8) is 0 Å². The Bertz CT molecular complexity index is 590. The van der Waals surface area contributed by atoms with E-state index >= 15 is 0 Å². The minimum absolute atomic E-state index is 0.501. The Morgan fingerprint density at radius 1 is 1.04 bits per heavy atom. The van der Waals surface area contributed by atoms with Crippen LogP contribution in [0.2, 0.25) is 0 Å². The molecule has 4 nitrogen and oxygen atoms in total. The number of nitrogens with zero attached hydrogens (tertiary/aromatic N) is 2. The van der Waals surface area contributed by atoms with Gasteiger partial charge in [-0.2, -0.15) is 0 Å². The number of ether oxygens (including phenoxy) is 2. The summed E-state index contributed by atoms with van der Waals surface area (Å²) in [5.74, 6) is 2.52. The Balaban J connectivity index is 1.63. The highest BCUT2D eigenvalue weighted by Crippen LogP contribution is 2.40. The van der Waals surface area contributed by atoms with E-state index in [1.807, 2.05) is 6.07 Å². The number of benzene rings is 1. The van der Waals surface area contributed by atoms with Crippen molar-refractivity contribution in [2.75, 3.05) is 46.9 Å². The summed E-state index contributed by atoms with van der Waals surface area (Å²) in [5, 5.41) is 0. The molecule has 3 rings (SSSR count). The van der Waals surface area contributed by atoms with E-state index in [4.69, 9.17) is 9.47 Å². The third-order valence-corrected chi connectivity index (χ3v) is 6.16. The maximum absolute atomic E-state index is 5.64. The van der Waals surface area contributed by atoms with E-state index in [-0.39, 0.29) is 0 Å². The highest BCUT2D eigenvalue weighted by atomic mass is 16.5. The second-order valence-electron chi connectivity index (χ2n) is 8.68. The van der Waals surface area contributed by atoms with E-state index in [1.165, 1.54) is 64.0 Å². The van der Waals surface area contributed by atoms with Crippen LogP contribution >= 0.6 is 0 Å². The summed E-state index contributed by atoms with van der Waals surface area (Å²) in [5.41, 5.74) is 1.74. The van der Waals surface area contributed by atoms with Crippen molar-refractivity contribution in [2.45, 2.75) is 46.1 Å². The molecule has 1 aromatic carbocycles. The van der Waals surface area contributed by atoms with Crippen LogP contribution in [0, 0.1) is 11.3 Å². The van der Waals surface area contributed by atoms with Gasteiger partial charge in [-0.25, -0.2) is 0 Å². The maximum atomic E-state index is 5.64. The monoisotopic (exact) mass is 360 g/mol. The van der Waals surface area contributed by atoms with E-state index in [9.17, 15) is 0 Å². The van der Waals surface area contributed by atoms with Crippen molar-refractivity contribution < 1.29 is 9.47 Å². The van der Waals surface area contributed by atoms with E-state index < -0.39 is 0 Å². The minimum atomic E-state index is 0.501. The molecule has 0 radical (unpaired) electrons. The average Bonchev–Trinajstić information content (AvgIpc) is 3.02. The van der Waals surface area contributed by atoms with Crippen molar-refractivity contribution >= 4 is 0 Å². The second-order valence-corrected chi connectivity index (χ2v) is 8.68. The Morgan fingerprint density at radius 2 is 1.85 bits per heavy atom. The first-order valence-corrected chi connectivity index (χ1v) is 10.2. The predicted octanol–water partition coefficient (Wildman–Crippen LogP) is 4.04. The van der Waals surface area contributed by atoms with Gasteiger partial charge in [0.15, 0.2) is 11.5 Å². The van der Waals surface area contributed by atoms with Crippen LogP contribution in [0.5, 0.6) is 11.5 Å². The summed E-state index contributed by atoms with van der Waals surface area (Å²) in [4.78, 5) is 5.34. The van der Waals surface area contributed by atoms with E-state index in [0.717, 1.165) is 24.0 Å². The van der Waals surface area contributed by atoms with Crippen LogP contribution < -0.4 is 9.47 Å². The fourth-order valence-corrected chi connectivity index (χ4v) is 4.76. The molecule has 1 atom stereocenters. The molecule has 1 unspecified atom stereocenters. The van der Waals surface area contributed by atoms with Crippen molar-refractivity contribution in [1.29, 1.82) is 0 Å². The summed E-state index contributed by atoms with van der Waals surface area (Å²) in [7, 11) is 3.45. The van der Waals surface area contributed by atoms with Gasteiger partial charge >= 0.3 is 0 Å². The summed E-state index contributed by atoms with van der Waals surface area (Å²) >= 11 is 0. The standard InChI is InChI=1S/C22H36N2O2/c1-18(2)9-13-23-14-11-22(16-23)10-6-12-24(17-22)15-19-7-5-8-20(25-3)21(19)26-4/h5,7-8,18H,6,9-17H2,1-4H3. The third-order valence-electron chi connectivity index (χ3n) is 6.16. The lowest BCUT2D eigenvalue weighted by Crippen LogP contribution is -2.44. The molecule has 26 heavy (non-hydrogen) atoms. The third kappa shape index (κ3) is 4.52. The zero-order valence-corrected chi connectivity index (χ0v) is 17.1. The topological polar surface area (TPSA) is 24.9 Å². The largest absolute Gasteiger partial charge is 0.493 e. The van der Waals surface area contributed by atoms with Crippen LogP contribution in [0.15, 0.2) is 18.2 Å². The van der Waals surface area contributed by atoms with Crippen LogP contribution in [0.3, 0.4) is 0 Å². The first-order valence-electron chi connectivity index (χ1n) is 10.2. The second kappa shape index (κ2) is 8.62. The molecule has 0 aliphatic carbocycles. The Morgan fingerprint density at radius 3 is 2.58 bits per heavy atom. The molecule has 2 saturated heterocycles. The molecule has 2 fully saturated rings. The lowest BCUT2D eigenvalue weighted by Gasteiger charge is -2.40. The van der Waals surface area contributed by atoms with Gasteiger partial charge in [-0.3, -0.25) is 4.90 Å². The highest BCUT2D eigenvalue weighted by Gasteiger charge is 2.41. The van der Waals surface area contributed by atoms with Gasteiger partial charge < -0.3 is 14.4 Å². The number of piperidine rings is 1. The van der Waals surface area contributed by atoms with Gasteiger partial charge in [0, 0.05) is 25.2 Å². The summed E-state index contributed by atoms with van der Waals surface area (Å²) in [6, 6.07) is 6.22. The molecule has 0 saturated carbocycles. The van der Waals surface area contributed by atoms with Crippen LogP contribution in [-0.2, 0) is 6.54 Å². The molecular weight excluding hydrogens is 324 g/mol. The molecule has 1 aromatic rings.